The Morgan fingerprint density at radius 3 is 2.34 bits per heavy atom. The molecular formula is C30H34N4O. The van der Waals surface area contributed by atoms with Gasteiger partial charge in [0.05, 0.1) is 16.6 Å². The van der Waals surface area contributed by atoms with E-state index in [2.05, 4.69) is 40.2 Å². The summed E-state index contributed by atoms with van der Waals surface area (Å²) >= 11 is 0. The molecule has 0 aliphatic heterocycles. The second-order valence-corrected chi connectivity index (χ2v) is 10.4. The van der Waals surface area contributed by atoms with Crippen molar-refractivity contribution in [3.05, 3.63) is 60.8 Å². The van der Waals surface area contributed by atoms with E-state index in [1.165, 1.54) is 38.5 Å². The predicted octanol–water partition coefficient (Wildman–Crippen LogP) is 6.82. The first-order chi connectivity index (χ1) is 17.3. The Kier molecular flexibility index (Phi) is 6.24. The lowest BCUT2D eigenvalue weighted by molar-refractivity contribution is -0.127. The minimum Gasteiger partial charge on any atom is -0.352 e. The highest BCUT2D eigenvalue weighted by atomic mass is 16.2. The van der Waals surface area contributed by atoms with Crippen LogP contribution in [0.15, 0.2) is 60.8 Å². The van der Waals surface area contributed by atoms with Gasteiger partial charge in [-0.3, -0.25) is 9.78 Å². The number of rotatable bonds is 5. The van der Waals surface area contributed by atoms with Crippen LogP contribution < -0.4 is 5.32 Å². The maximum Gasteiger partial charge on any atom is 0.243 e. The smallest absolute Gasteiger partial charge is 0.243 e. The van der Waals surface area contributed by atoms with Crippen molar-refractivity contribution in [1.29, 1.82) is 0 Å². The Morgan fingerprint density at radius 1 is 0.857 bits per heavy atom. The Bertz CT molecular complexity index is 1330. The maximum absolute atomic E-state index is 14.1. The number of amides is 1. The molecule has 35 heavy (non-hydrogen) atoms. The molecule has 1 unspecified atom stereocenters. The first kappa shape index (κ1) is 22.3. The zero-order valence-corrected chi connectivity index (χ0v) is 20.3. The summed E-state index contributed by atoms with van der Waals surface area (Å²) in [5.74, 6) is 1.33. The number of hydrogen-bond donors (Lipinski definition) is 1. The predicted molar refractivity (Wildman–Crippen MR) is 141 cm³/mol. The second kappa shape index (κ2) is 9.80. The standard InChI is InChI=1S/C30H34N4O/c35-30(32-24-14-5-2-6-15-24)28(21-11-3-1-4-12-21)34-27-18-10-9-17-26(27)33-29(34)23-19-22-13-7-8-16-25(22)31-20-23/h7-10,13,16-21,24,28H,1-6,11-12,14-15H2,(H,32,35). The second-order valence-electron chi connectivity index (χ2n) is 10.4. The molecule has 2 saturated carbocycles. The largest absolute Gasteiger partial charge is 0.352 e. The number of aromatic nitrogens is 3. The monoisotopic (exact) mass is 466 g/mol. The fourth-order valence-corrected chi connectivity index (χ4v) is 6.25. The number of imidazole rings is 1. The molecule has 1 amide bonds. The van der Waals surface area contributed by atoms with Gasteiger partial charge in [0.1, 0.15) is 11.9 Å². The number of nitrogens with one attached hydrogen (secondary N) is 1. The van der Waals surface area contributed by atoms with Gasteiger partial charge in [-0.25, -0.2) is 4.98 Å². The fraction of sp³-hybridized carbons (Fsp3) is 0.433. The highest BCUT2D eigenvalue weighted by molar-refractivity contribution is 5.89. The van der Waals surface area contributed by atoms with Crippen LogP contribution in [0, 0.1) is 5.92 Å². The molecule has 0 radical (unpaired) electrons. The summed E-state index contributed by atoms with van der Waals surface area (Å²) in [4.78, 5) is 23.9. The normalized spacial score (nSPS) is 18.6. The average Bonchev–Trinajstić information content (AvgIpc) is 3.29. The summed E-state index contributed by atoms with van der Waals surface area (Å²) in [6, 6.07) is 18.6. The third-order valence-corrected chi connectivity index (χ3v) is 8.04. The van der Waals surface area contributed by atoms with E-state index < -0.39 is 0 Å². The van der Waals surface area contributed by atoms with E-state index >= 15 is 0 Å². The number of carbonyl (C=O) groups excluding carboxylic acids is 1. The van der Waals surface area contributed by atoms with Crippen molar-refractivity contribution in [2.45, 2.75) is 76.3 Å². The SMILES string of the molecule is O=C(NC1CCCCC1)C(C1CCCCC1)n1c(-c2cnc3ccccc3c2)nc2ccccc21. The van der Waals surface area contributed by atoms with Gasteiger partial charge in [0.2, 0.25) is 5.91 Å². The third-order valence-electron chi connectivity index (χ3n) is 8.04. The molecule has 0 bridgehead atoms. The van der Waals surface area contributed by atoms with Gasteiger partial charge in [0, 0.05) is 23.2 Å². The van der Waals surface area contributed by atoms with Crippen molar-refractivity contribution in [2.75, 3.05) is 0 Å². The summed E-state index contributed by atoms with van der Waals surface area (Å²) in [6.07, 6.45) is 13.6. The number of benzene rings is 2. The van der Waals surface area contributed by atoms with Crippen LogP contribution in [-0.4, -0.2) is 26.5 Å². The molecule has 0 spiro atoms. The molecule has 6 rings (SSSR count). The van der Waals surface area contributed by atoms with Crippen LogP contribution in [0.25, 0.3) is 33.3 Å². The van der Waals surface area contributed by atoms with Gasteiger partial charge >= 0.3 is 0 Å². The molecule has 2 aromatic carbocycles. The first-order valence-electron chi connectivity index (χ1n) is 13.4. The highest BCUT2D eigenvalue weighted by Gasteiger charge is 2.35. The van der Waals surface area contributed by atoms with Gasteiger partial charge in [0.15, 0.2) is 0 Å². The molecule has 5 nitrogen and oxygen atoms in total. The van der Waals surface area contributed by atoms with Crippen molar-refractivity contribution in [3.63, 3.8) is 0 Å². The van der Waals surface area contributed by atoms with Crippen LogP contribution in [0.4, 0.5) is 0 Å². The van der Waals surface area contributed by atoms with Crippen molar-refractivity contribution in [3.8, 4) is 11.4 Å². The number of fused-ring (bicyclic) bond motifs is 2. The molecule has 2 aromatic heterocycles. The van der Waals surface area contributed by atoms with E-state index in [1.54, 1.807) is 0 Å². The lowest BCUT2D eigenvalue weighted by Gasteiger charge is -2.33. The number of hydrogen-bond acceptors (Lipinski definition) is 3. The molecule has 2 aliphatic carbocycles. The van der Waals surface area contributed by atoms with Crippen molar-refractivity contribution >= 4 is 27.8 Å². The summed E-state index contributed by atoms with van der Waals surface area (Å²) in [5.41, 5.74) is 3.90. The van der Waals surface area contributed by atoms with Crippen molar-refractivity contribution in [1.82, 2.24) is 19.9 Å². The van der Waals surface area contributed by atoms with Crippen LogP contribution >= 0.6 is 0 Å². The number of para-hydroxylation sites is 3. The van der Waals surface area contributed by atoms with Gasteiger partial charge < -0.3 is 9.88 Å². The molecular weight excluding hydrogens is 432 g/mol. The van der Waals surface area contributed by atoms with Gasteiger partial charge in [-0.05, 0) is 55.9 Å². The van der Waals surface area contributed by atoms with E-state index in [4.69, 9.17) is 9.97 Å². The quantitative estimate of drug-likeness (QED) is 0.351. The van der Waals surface area contributed by atoms with Crippen LogP contribution in [0.3, 0.4) is 0 Å². The Balaban J connectivity index is 1.48. The Labute approximate surface area is 207 Å². The van der Waals surface area contributed by atoms with Gasteiger partial charge in [-0.15, -0.1) is 0 Å². The third kappa shape index (κ3) is 4.44. The van der Waals surface area contributed by atoms with Gasteiger partial charge in [0.25, 0.3) is 0 Å². The lowest BCUT2D eigenvalue weighted by atomic mass is 9.82. The van der Waals surface area contributed by atoms with Crippen LogP contribution in [0.2, 0.25) is 0 Å². The lowest BCUT2D eigenvalue weighted by Crippen LogP contribution is -2.43. The van der Waals surface area contributed by atoms with Gasteiger partial charge in [-0.1, -0.05) is 68.9 Å². The average molecular weight is 467 g/mol. The molecule has 2 fully saturated rings. The van der Waals surface area contributed by atoms with E-state index in [-0.39, 0.29) is 11.9 Å². The van der Waals surface area contributed by atoms with E-state index in [0.29, 0.717) is 12.0 Å². The molecule has 1 N–H and O–H groups in total. The fourth-order valence-electron chi connectivity index (χ4n) is 6.25. The van der Waals surface area contributed by atoms with Gasteiger partial charge in [-0.2, -0.15) is 0 Å². The zero-order chi connectivity index (χ0) is 23.6. The van der Waals surface area contributed by atoms with E-state index in [0.717, 1.165) is 59.0 Å². The number of carbonyl (C=O) groups is 1. The Hall–Kier alpha value is -3.21. The Morgan fingerprint density at radius 2 is 1.54 bits per heavy atom. The molecule has 4 aromatic rings. The maximum atomic E-state index is 14.1. The van der Waals surface area contributed by atoms with Crippen LogP contribution in [-0.2, 0) is 4.79 Å². The zero-order valence-electron chi connectivity index (χ0n) is 20.3. The minimum absolute atomic E-state index is 0.168. The summed E-state index contributed by atoms with van der Waals surface area (Å²) < 4.78 is 2.25. The van der Waals surface area contributed by atoms with E-state index in [1.807, 2.05) is 30.5 Å². The highest BCUT2D eigenvalue weighted by Crippen LogP contribution is 2.39. The molecule has 2 heterocycles. The summed E-state index contributed by atoms with van der Waals surface area (Å²) in [5, 5.41) is 4.56. The minimum atomic E-state index is -0.258. The number of nitrogens with zero attached hydrogens (tertiary/aromatic N) is 3. The summed E-state index contributed by atoms with van der Waals surface area (Å²) in [7, 11) is 0. The number of pyridine rings is 1. The molecule has 2 aliphatic rings. The summed E-state index contributed by atoms with van der Waals surface area (Å²) in [6.45, 7) is 0. The van der Waals surface area contributed by atoms with Crippen molar-refractivity contribution < 1.29 is 4.79 Å². The topological polar surface area (TPSA) is 59.8 Å². The van der Waals surface area contributed by atoms with Crippen LogP contribution in [0.1, 0.15) is 70.3 Å². The molecule has 180 valence electrons. The van der Waals surface area contributed by atoms with Crippen molar-refractivity contribution in [2.24, 2.45) is 5.92 Å². The first-order valence-corrected chi connectivity index (χ1v) is 13.4. The molecule has 1 atom stereocenters. The van der Waals surface area contributed by atoms with E-state index in [9.17, 15) is 4.79 Å². The van der Waals surface area contributed by atoms with Crippen LogP contribution in [0.5, 0.6) is 0 Å². The molecule has 0 saturated heterocycles. The molecule has 5 heteroatoms.